The minimum absolute atomic E-state index is 0.236. The predicted octanol–water partition coefficient (Wildman–Crippen LogP) is 5.35. The van der Waals surface area contributed by atoms with Gasteiger partial charge < -0.3 is 4.74 Å². The van der Waals surface area contributed by atoms with E-state index >= 15 is 0 Å². The molecule has 0 aromatic heterocycles. The SMILES string of the molecule is CCC(CC)C(Br)c1ccc(OC(C)C)cc1. The Balaban J connectivity index is 2.72. The average Bonchev–Trinajstić information content (AvgIpc) is 2.30. The molecule has 1 unspecified atom stereocenters. The van der Waals surface area contributed by atoms with Crippen molar-refractivity contribution < 1.29 is 4.74 Å². The Morgan fingerprint density at radius 3 is 2.00 bits per heavy atom. The van der Waals surface area contributed by atoms with Crippen molar-refractivity contribution in [1.82, 2.24) is 0 Å². The van der Waals surface area contributed by atoms with E-state index in [9.17, 15) is 0 Å². The Bertz CT molecular complexity index is 314. The van der Waals surface area contributed by atoms with Crippen molar-refractivity contribution in [2.75, 3.05) is 0 Å². The summed E-state index contributed by atoms with van der Waals surface area (Å²) in [6, 6.07) is 8.45. The second kappa shape index (κ2) is 7.05. The molecular weight excluding hydrogens is 276 g/mol. The van der Waals surface area contributed by atoms with Crippen molar-refractivity contribution in [1.29, 1.82) is 0 Å². The minimum Gasteiger partial charge on any atom is -0.491 e. The number of hydrogen-bond donors (Lipinski definition) is 0. The molecule has 1 rings (SSSR count). The summed E-state index contributed by atoms with van der Waals surface area (Å²) in [5.41, 5.74) is 1.34. The fourth-order valence-electron chi connectivity index (χ4n) is 1.98. The summed E-state index contributed by atoms with van der Waals surface area (Å²) >= 11 is 3.81. The first-order valence-electron chi connectivity index (χ1n) is 6.49. The van der Waals surface area contributed by atoms with Crippen molar-refractivity contribution in [3.63, 3.8) is 0 Å². The normalized spacial score (nSPS) is 13.1. The highest BCUT2D eigenvalue weighted by molar-refractivity contribution is 9.09. The number of ether oxygens (including phenoxy) is 1. The van der Waals surface area contributed by atoms with Gasteiger partial charge in [-0.15, -0.1) is 0 Å². The molecule has 1 nitrogen and oxygen atoms in total. The molecule has 0 aliphatic carbocycles. The van der Waals surface area contributed by atoms with Gasteiger partial charge >= 0.3 is 0 Å². The van der Waals surface area contributed by atoms with E-state index in [0.29, 0.717) is 10.7 Å². The topological polar surface area (TPSA) is 9.23 Å². The largest absolute Gasteiger partial charge is 0.491 e. The number of rotatable bonds is 6. The maximum Gasteiger partial charge on any atom is 0.119 e. The quantitative estimate of drug-likeness (QED) is 0.644. The fourth-order valence-corrected chi connectivity index (χ4v) is 3.03. The standard InChI is InChI=1S/C15H23BrO/c1-5-12(6-2)15(16)13-7-9-14(10-8-13)17-11(3)4/h7-12,15H,5-6H2,1-4H3. The van der Waals surface area contributed by atoms with E-state index < -0.39 is 0 Å². The van der Waals surface area contributed by atoms with Gasteiger partial charge in [0.15, 0.2) is 0 Å². The molecular formula is C15H23BrO. The molecule has 0 N–H and O–H groups in total. The number of hydrogen-bond acceptors (Lipinski definition) is 1. The third-order valence-electron chi connectivity index (χ3n) is 3.03. The van der Waals surface area contributed by atoms with E-state index in [0.717, 1.165) is 5.75 Å². The molecule has 17 heavy (non-hydrogen) atoms. The van der Waals surface area contributed by atoms with Gasteiger partial charge in [0.2, 0.25) is 0 Å². The van der Waals surface area contributed by atoms with Crippen LogP contribution in [0, 0.1) is 5.92 Å². The second-order valence-electron chi connectivity index (χ2n) is 4.71. The van der Waals surface area contributed by atoms with E-state index in [1.807, 2.05) is 13.8 Å². The number of halogens is 1. The van der Waals surface area contributed by atoms with Crippen LogP contribution in [-0.2, 0) is 0 Å². The van der Waals surface area contributed by atoms with Gasteiger partial charge in [0.1, 0.15) is 5.75 Å². The molecule has 1 atom stereocenters. The van der Waals surface area contributed by atoms with Crippen molar-refractivity contribution >= 4 is 15.9 Å². The highest BCUT2D eigenvalue weighted by Crippen LogP contribution is 2.35. The summed E-state index contributed by atoms with van der Waals surface area (Å²) < 4.78 is 5.65. The predicted molar refractivity (Wildman–Crippen MR) is 77.9 cm³/mol. The molecule has 0 heterocycles. The third-order valence-corrected chi connectivity index (χ3v) is 4.31. The van der Waals surface area contributed by atoms with Crippen LogP contribution in [-0.4, -0.2) is 6.10 Å². The van der Waals surface area contributed by atoms with Gasteiger partial charge in [-0.2, -0.15) is 0 Å². The van der Waals surface area contributed by atoms with Crippen LogP contribution in [0.1, 0.15) is 50.9 Å². The Morgan fingerprint density at radius 1 is 1.06 bits per heavy atom. The van der Waals surface area contributed by atoms with Gasteiger partial charge in [-0.3, -0.25) is 0 Å². The zero-order valence-corrected chi connectivity index (χ0v) is 12.8. The lowest BCUT2D eigenvalue weighted by atomic mass is 9.94. The van der Waals surface area contributed by atoms with E-state index in [1.165, 1.54) is 18.4 Å². The van der Waals surface area contributed by atoms with Gasteiger partial charge in [0.05, 0.1) is 6.10 Å². The van der Waals surface area contributed by atoms with Crippen molar-refractivity contribution in [2.45, 2.75) is 51.5 Å². The third kappa shape index (κ3) is 4.34. The second-order valence-corrected chi connectivity index (χ2v) is 5.70. The summed E-state index contributed by atoms with van der Waals surface area (Å²) in [4.78, 5) is 0.450. The first kappa shape index (κ1) is 14.6. The zero-order chi connectivity index (χ0) is 12.8. The van der Waals surface area contributed by atoms with Crippen molar-refractivity contribution in [2.24, 2.45) is 5.92 Å². The summed E-state index contributed by atoms with van der Waals surface area (Å²) in [5.74, 6) is 1.65. The van der Waals surface area contributed by atoms with Gasteiger partial charge in [-0.05, 0) is 37.5 Å². The number of alkyl halides is 1. The monoisotopic (exact) mass is 298 g/mol. The molecule has 0 bridgehead atoms. The Kier molecular flexibility index (Phi) is 6.04. The lowest BCUT2D eigenvalue weighted by Gasteiger charge is -2.20. The number of benzene rings is 1. The van der Waals surface area contributed by atoms with E-state index in [2.05, 4.69) is 54.0 Å². The van der Waals surface area contributed by atoms with Gasteiger partial charge in [0.25, 0.3) is 0 Å². The van der Waals surface area contributed by atoms with Crippen LogP contribution in [0.4, 0.5) is 0 Å². The van der Waals surface area contributed by atoms with E-state index in [-0.39, 0.29) is 6.10 Å². The van der Waals surface area contributed by atoms with Crippen LogP contribution in [0.15, 0.2) is 24.3 Å². The molecule has 2 heteroatoms. The first-order valence-corrected chi connectivity index (χ1v) is 7.40. The van der Waals surface area contributed by atoms with E-state index in [1.54, 1.807) is 0 Å². The van der Waals surface area contributed by atoms with Gasteiger partial charge in [-0.1, -0.05) is 54.8 Å². The summed E-state index contributed by atoms with van der Waals surface area (Å²) in [7, 11) is 0. The van der Waals surface area contributed by atoms with Crippen LogP contribution in [0.5, 0.6) is 5.75 Å². The molecule has 96 valence electrons. The van der Waals surface area contributed by atoms with Crippen molar-refractivity contribution in [3.05, 3.63) is 29.8 Å². The molecule has 0 saturated heterocycles. The van der Waals surface area contributed by atoms with E-state index in [4.69, 9.17) is 4.74 Å². The maximum atomic E-state index is 5.65. The fraction of sp³-hybridized carbons (Fsp3) is 0.600. The lowest BCUT2D eigenvalue weighted by Crippen LogP contribution is -2.07. The first-order chi connectivity index (χ1) is 8.08. The summed E-state index contributed by atoms with van der Waals surface area (Å²) in [6.07, 6.45) is 2.65. The summed E-state index contributed by atoms with van der Waals surface area (Å²) in [5, 5.41) is 0. The highest BCUT2D eigenvalue weighted by atomic mass is 79.9. The van der Waals surface area contributed by atoms with Gasteiger partial charge in [0, 0.05) is 4.83 Å². The Labute approximate surface area is 114 Å². The highest BCUT2D eigenvalue weighted by Gasteiger charge is 2.17. The van der Waals surface area contributed by atoms with Crippen molar-refractivity contribution in [3.8, 4) is 5.75 Å². The van der Waals surface area contributed by atoms with Crippen LogP contribution >= 0.6 is 15.9 Å². The molecule has 0 radical (unpaired) electrons. The van der Waals surface area contributed by atoms with Crippen LogP contribution in [0.3, 0.4) is 0 Å². The lowest BCUT2D eigenvalue weighted by molar-refractivity contribution is 0.242. The molecule has 0 spiro atoms. The van der Waals surface area contributed by atoms with Crippen LogP contribution in [0.25, 0.3) is 0 Å². The minimum atomic E-state index is 0.236. The molecule has 1 aromatic carbocycles. The molecule has 0 aliphatic rings. The van der Waals surface area contributed by atoms with Crippen LogP contribution < -0.4 is 4.74 Å². The summed E-state index contributed by atoms with van der Waals surface area (Å²) in [6.45, 7) is 8.59. The smallest absolute Gasteiger partial charge is 0.119 e. The maximum absolute atomic E-state index is 5.65. The average molecular weight is 299 g/mol. The Hall–Kier alpha value is -0.500. The molecule has 1 aromatic rings. The Morgan fingerprint density at radius 2 is 1.59 bits per heavy atom. The molecule has 0 amide bonds. The zero-order valence-electron chi connectivity index (χ0n) is 11.2. The van der Waals surface area contributed by atoms with Crippen LogP contribution in [0.2, 0.25) is 0 Å². The molecule has 0 fully saturated rings. The molecule has 0 aliphatic heterocycles. The molecule has 0 saturated carbocycles. The van der Waals surface area contributed by atoms with Gasteiger partial charge in [-0.25, -0.2) is 0 Å².